The summed E-state index contributed by atoms with van der Waals surface area (Å²) in [6, 6.07) is 2.12. The first-order valence-corrected chi connectivity index (χ1v) is 9.79. The third-order valence-corrected chi connectivity index (χ3v) is 6.68. The Morgan fingerprint density at radius 1 is 1.28 bits per heavy atom. The van der Waals surface area contributed by atoms with Crippen LogP contribution in [0.15, 0.2) is 5.38 Å². The van der Waals surface area contributed by atoms with Crippen LogP contribution in [0, 0.1) is 18.3 Å². The molecule has 5 nitrogen and oxygen atoms in total. The standard InChI is InChI=1S/C18H19N3O2S2/c1-10-12(8-19)17(25-15(10)18(23)21(2)3)20-16(22)13-9-24-14-7-5-4-6-11(13)14/h9H,4-7H2,1-3H3,(H,20,22). The molecule has 0 fully saturated rings. The number of rotatable bonds is 3. The molecule has 1 N–H and O–H groups in total. The Balaban J connectivity index is 1.92. The molecule has 2 aromatic heterocycles. The van der Waals surface area contributed by atoms with Crippen LogP contribution in [0.1, 0.15) is 54.4 Å². The summed E-state index contributed by atoms with van der Waals surface area (Å²) in [5.41, 5.74) is 2.83. The zero-order valence-electron chi connectivity index (χ0n) is 14.4. The minimum Gasteiger partial charge on any atom is -0.344 e. The molecule has 1 aliphatic rings. The number of carbonyl (C=O) groups is 2. The zero-order chi connectivity index (χ0) is 18.1. The average Bonchev–Trinajstić information content (AvgIpc) is 3.15. The molecule has 0 unspecified atom stereocenters. The molecule has 2 heterocycles. The summed E-state index contributed by atoms with van der Waals surface area (Å²) in [6.45, 7) is 1.74. The molecule has 2 amide bonds. The van der Waals surface area contributed by atoms with Gasteiger partial charge in [0, 0.05) is 24.4 Å². The van der Waals surface area contributed by atoms with Crippen molar-refractivity contribution in [3.63, 3.8) is 0 Å². The number of hydrogen-bond donors (Lipinski definition) is 1. The number of hydrogen-bond acceptors (Lipinski definition) is 5. The second-order valence-corrected chi connectivity index (χ2v) is 8.27. The van der Waals surface area contributed by atoms with Crippen molar-refractivity contribution in [2.24, 2.45) is 0 Å². The Hall–Kier alpha value is -2.17. The molecule has 0 radical (unpaired) electrons. The van der Waals surface area contributed by atoms with Gasteiger partial charge in [0.15, 0.2) is 0 Å². The molecule has 0 spiro atoms. The van der Waals surface area contributed by atoms with E-state index in [1.54, 1.807) is 32.4 Å². The second-order valence-electron chi connectivity index (χ2n) is 6.28. The van der Waals surface area contributed by atoms with Crippen LogP contribution in [0.3, 0.4) is 0 Å². The van der Waals surface area contributed by atoms with Crippen LogP contribution in [0.5, 0.6) is 0 Å². The van der Waals surface area contributed by atoms with Gasteiger partial charge < -0.3 is 10.2 Å². The molecule has 25 heavy (non-hydrogen) atoms. The largest absolute Gasteiger partial charge is 0.344 e. The van der Waals surface area contributed by atoms with Crippen LogP contribution in [-0.4, -0.2) is 30.8 Å². The molecular formula is C18H19N3O2S2. The lowest BCUT2D eigenvalue weighted by molar-refractivity contribution is 0.0831. The third-order valence-electron chi connectivity index (χ3n) is 4.39. The summed E-state index contributed by atoms with van der Waals surface area (Å²) in [4.78, 5) is 28.3. The zero-order valence-corrected chi connectivity index (χ0v) is 16.1. The maximum Gasteiger partial charge on any atom is 0.263 e. The minimum atomic E-state index is -0.194. The molecule has 0 saturated heterocycles. The highest BCUT2D eigenvalue weighted by molar-refractivity contribution is 7.18. The fourth-order valence-corrected chi connectivity index (χ4v) is 5.30. The van der Waals surface area contributed by atoms with Gasteiger partial charge in [-0.25, -0.2) is 0 Å². The van der Waals surface area contributed by atoms with E-state index in [-0.39, 0.29) is 11.8 Å². The average molecular weight is 374 g/mol. The summed E-state index contributed by atoms with van der Waals surface area (Å²) >= 11 is 2.80. The van der Waals surface area contributed by atoms with Crippen LogP contribution in [-0.2, 0) is 12.8 Å². The lowest BCUT2D eigenvalue weighted by Gasteiger charge is -2.12. The molecule has 0 atom stereocenters. The highest BCUT2D eigenvalue weighted by Crippen LogP contribution is 2.35. The maximum atomic E-state index is 12.7. The van der Waals surface area contributed by atoms with Gasteiger partial charge in [-0.2, -0.15) is 5.26 Å². The quantitative estimate of drug-likeness (QED) is 0.889. The second kappa shape index (κ2) is 6.98. The van der Waals surface area contributed by atoms with Gasteiger partial charge in [0.1, 0.15) is 11.1 Å². The lowest BCUT2D eigenvalue weighted by atomic mass is 9.95. The number of thiophene rings is 2. The van der Waals surface area contributed by atoms with Crippen LogP contribution in [0.4, 0.5) is 5.00 Å². The first-order chi connectivity index (χ1) is 11.9. The van der Waals surface area contributed by atoms with E-state index in [9.17, 15) is 14.9 Å². The fraction of sp³-hybridized carbons (Fsp3) is 0.389. The molecule has 0 aromatic carbocycles. The smallest absolute Gasteiger partial charge is 0.263 e. The third kappa shape index (κ3) is 3.20. The van der Waals surface area contributed by atoms with Crippen molar-refractivity contribution in [3.8, 4) is 6.07 Å². The van der Waals surface area contributed by atoms with Crippen molar-refractivity contribution in [2.75, 3.05) is 19.4 Å². The monoisotopic (exact) mass is 373 g/mol. The van der Waals surface area contributed by atoms with Gasteiger partial charge in [-0.3, -0.25) is 9.59 Å². The SMILES string of the molecule is Cc1c(C(=O)N(C)C)sc(NC(=O)c2csc3c2CCCC3)c1C#N. The van der Waals surface area contributed by atoms with E-state index >= 15 is 0 Å². The number of nitrogens with one attached hydrogen (secondary N) is 1. The fourth-order valence-electron chi connectivity index (χ4n) is 3.00. The molecule has 2 aromatic rings. The van der Waals surface area contributed by atoms with Crippen molar-refractivity contribution in [2.45, 2.75) is 32.6 Å². The van der Waals surface area contributed by atoms with Gasteiger partial charge in [-0.15, -0.1) is 22.7 Å². The predicted molar refractivity (Wildman–Crippen MR) is 101 cm³/mol. The lowest BCUT2D eigenvalue weighted by Crippen LogP contribution is -2.21. The van der Waals surface area contributed by atoms with Gasteiger partial charge in [-0.05, 0) is 43.7 Å². The molecule has 0 aliphatic heterocycles. The van der Waals surface area contributed by atoms with Gasteiger partial charge in [0.2, 0.25) is 0 Å². The van der Waals surface area contributed by atoms with E-state index in [2.05, 4.69) is 11.4 Å². The van der Waals surface area contributed by atoms with E-state index in [1.165, 1.54) is 27.5 Å². The number of anilines is 1. The Labute approximate surface area is 154 Å². The molecular weight excluding hydrogens is 354 g/mol. The molecule has 1 aliphatic carbocycles. The van der Waals surface area contributed by atoms with Crippen LogP contribution < -0.4 is 5.32 Å². The summed E-state index contributed by atoms with van der Waals surface area (Å²) in [5, 5.41) is 14.7. The van der Waals surface area contributed by atoms with Crippen LogP contribution in [0.2, 0.25) is 0 Å². The summed E-state index contributed by atoms with van der Waals surface area (Å²) in [7, 11) is 3.34. The van der Waals surface area contributed by atoms with Crippen molar-refractivity contribution in [1.82, 2.24) is 4.90 Å². The van der Waals surface area contributed by atoms with Crippen molar-refractivity contribution >= 4 is 39.5 Å². The maximum absolute atomic E-state index is 12.7. The van der Waals surface area contributed by atoms with E-state index < -0.39 is 0 Å². The van der Waals surface area contributed by atoms with Gasteiger partial charge >= 0.3 is 0 Å². The number of amides is 2. The summed E-state index contributed by atoms with van der Waals surface area (Å²) in [6.07, 6.45) is 4.25. The molecule has 130 valence electrons. The van der Waals surface area contributed by atoms with E-state index in [1.807, 2.05) is 5.38 Å². The van der Waals surface area contributed by atoms with Crippen LogP contribution >= 0.6 is 22.7 Å². The molecule has 3 rings (SSSR count). The van der Waals surface area contributed by atoms with Gasteiger partial charge in [0.05, 0.1) is 16.0 Å². The normalized spacial score (nSPS) is 13.0. The Morgan fingerprint density at radius 2 is 2.00 bits per heavy atom. The number of nitriles is 1. The van der Waals surface area contributed by atoms with Gasteiger partial charge in [-0.1, -0.05) is 0 Å². The van der Waals surface area contributed by atoms with Crippen LogP contribution in [0.25, 0.3) is 0 Å². The Kier molecular flexibility index (Phi) is 4.93. The predicted octanol–water partition coefficient (Wildman–Crippen LogP) is 3.82. The highest BCUT2D eigenvalue weighted by atomic mass is 32.1. The van der Waals surface area contributed by atoms with E-state index in [0.29, 0.717) is 26.6 Å². The van der Waals surface area contributed by atoms with E-state index in [0.717, 1.165) is 24.8 Å². The van der Waals surface area contributed by atoms with E-state index in [4.69, 9.17) is 0 Å². The van der Waals surface area contributed by atoms with Crippen molar-refractivity contribution in [3.05, 3.63) is 37.4 Å². The summed E-state index contributed by atoms with van der Waals surface area (Å²) in [5.74, 6) is -0.353. The minimum absolute atomic E-state index is 0.160. The Morgan fingerprint density at radius 3 is 2.68 bits per heavy atom. The highest BCUT2D eigenvalue weighted by Gasteiger charge is 2.25. The number of nitrogens with zero attached hydrogens (tertiary/aromatic N) is 2. The first kappa shape index (κ1) is 17.6. The molecule has 0 saturated carbocycles. The summed E-state index contributed by atoms with van der Waals surface area (Å²) < 4.78 is 0. The Bertz CT molecular complexity index is 887. The first-order valence-electron chi connectivity index (χ1n) is 8.09. The van der Waals surface area contributed by atoms with Crippen molar-refractivity contribution in [1.29, 1.82) is 5.26 Å². The topological polar surface area (TPSA) is 73.2 Å². The molecule has 7 heteroatoms. The number of aryl methyl sites for hydroxylation is 1. The number of carbonyl (C=O) groups excluding carboxylic acids is 2. The number of fused-ring (bicyclic) bond motifs is 1. The molecule has 0 bridgehead atoms. The van der Waals surface area contributed by atoms with Gasteiger partial charge in [0.25, 0.3) is 11.8 Å². The van der Waals surface area contributed by atoms with Crippen molar-refractivity contribution < 1.29 is 9.59 Å².